The molecular formula is C12H42Cl2Si2. The Hall–Kier alpha value is 1.01. The first-order valence-electron chi connectivity index (χ1n) is 5.66. The van der Waals surface area contributed by atoms with Gasteiger partial charge in [0.25, 0.3) is 0 Å². The molecule has 0 saturated heterocycles. The van der Waals surface area contributed by atoms with Gasteiger partial charge in [0.05, 0.1) is 0 Å². The standard InChI is InChI=1S/4C3H8.2ClH.2H4Si/c4*1-3-2;;;;/h4*3H2,1-2H3;2*1H;2*1H4. The third-order valence-electron chi connectivity index (χ3n) is 0. The van der Waals surface area contributed by atoms with Crippen molar-refractivity contribution >= 4 is 46.7 Å². The Bertz CT molecular complexity index is 25.0. The van der Waals surface area contributed by atoms with Crippen LogP contribution in [0.1, 0.15) is 81.1 Å². The van der Waals surface area contributed by atoms with Crippen molar-refractivity contribution < 1.29 is 0 Å². The van der Waals surface area contributed by atoms with Crippen molar-refractivity contribution in [2.75, 3.05) is 0 Å². The van der Waals surface area contributed by atoms with Gasteiger partial charge in [0.2, 0.25) is 0 Å². The highest BCUT2D eigenvalue weighted by Crippen LogP contribution is 1.57. The molecular weight excluding hydrogens is 271 g/mol. The smallest absolute Gasteiger partial charge is 0.0149 e. The first-order chi connectivity index (χ1) is 5.66. The van der Waals surface area contributed by atoms with Crippen LogP contribution < -0.4 is 0 Å². The second-order valence-corrected chi connectivity index (χ2v) is 2.83. The summed E-state index contributed by atoms with van der Waals surface area (Å²) in [5.74, 6) is 0. The molecule has 0 radical (unpaired) electrons. The van der Waals surface area contributed by atoms with Crippen LogP contribution in [-0.4, -0.2) is 21.9 Å². The van der Waals surface area contributed by atoms with Crippen LogP contribution in [0.15, 0.2) is 0 Å². The SMILES string of the molecule is CCC.CCC.CCC.CCC.Cl.Cl.[SiH4].[SiH4]. The van der Waals surface area contributed by atoms with E-state index in [9.17, 15) is 0 Å². The van der Waals surface area contributed by atoms with Gasteiger partial charge in [-0.25, -0.2) is 0 Å². The lowest BCUT2D eigenvalue weighted by molar-refractivity contribution is 1.09. The van der Waals surface area contributed by atoms with E-state index in [1.54, 1.807) is 0 Å². The molecule has 0 fully saturated rings. The first kappa shape index (κ1) is 53.7. The minimum Gasteiger partial charge on any atom is -0.147 e. The Morgan fingerprint density at radius 1 is 0.375 bits per heavy atom. The van der Waals surface area contributed by atoms with E-state index >= 15 is 0 Å². The highest BCUT2D eigenvalue weighted by Gasteiger charge is 1.36. The summed E-state index contributed by atoms with van der Waals surface area (Å²) in [5, 5.41) is 0. The van der Waals surface area contributed by atoms with Crippen LogP contribution in [0.4, 0.5) is 0 Å². The van der Waals surface area contributed by atoms with Crippen LogP contribution in [0, 0.1) is 0 Å². The maximum Gasteiger partial charge on any atom is -0.0149 e. The first-order valence-corrected chi connectivity index (χ1v) is 5.66. The zero-order chi connectivity index (χ0) is 10.8. The summed E-state index contributed by atoms with van der Waals surface area (Å²) in [4.78, 5) is 0. The van der Waals surface area contributed by atoms with Crippen LogP contribution in [-0.2, 0) is 0 Å². The van der Waals surface area contributed by atoms with Crippen LogP contribution in [0.3, 0.4) is 0 Å². The van der Waals surface area contributed by atoms with Gasteiger partial charge in [-0.05, 0) is 21.9 Å². The average Bonchev–Trinajstić information content (AvgIpc) is 1.92. The van der Waals surface area contributed by atoms with E-state index in [0.717, 1.165) is 0 Å². The molecule has 0 saturated carbocycles. The van der Waals surface area contributed by atoms with Crippen molar-refractivity contribution in [3.05, 3.63) is 0 Å². The minimum atomic E-state index is 0. The molecule has 4 heteroatoms. The number of hydrogen-bond donors (Lipinski definition) is 0. The van der Waals surface area contributed by atoms with Gasteiger partial charge < -0.3 is 0 Å². The topological polar surface area (TPSA) is 0 Å². The summed E-state index contributed by atoms with van der Waals surface area (Å²) in [6.45, 7) is 17.0. The molecule has 0 aliphatic heterocycles. The highest BCUT2D eigenvalue weighted by atomic mass is 35.5. The second kappa shape index (κ2) is 144. The quantitative estimate of drug-likeness (QED) is 0.599. The summed E-state index contributed by atoms with van der Waals surface area (Å²) in [7, 11) is 0. The van der Waals surface area contributed by atoms with Gasteiger partial charge in [-0.2, -0.15) is 0 Å². The maximum absolute atomic E-state index is 2.12. The van der Waals surface area contributed by atoms with E-state index < -0.39 is 0 Å². The van der Waals surface area contributed by atoms with Gasteiger partial charge in [-0.1, -0.05) is 81.1 Å². The Balaban J connectivity index is -0.00000000821. The minimum absolute atomic E-state index is 0. The lowest BCUT2D eigenvalue weighted by Gasteiger charge is -1.48. The second-order valence-electron chi connectivity index (χ2n) is 2.83. The summed E-state index contributed by atoms with van der Waals surface area (Å²) in [6.07, 6.45) is 5.00. The number of halogens is 2. The molecule has 0 spiro atoms. The zero-order valence-corrected chi connectivity index (χ0v) is 13.3. The molecule has 0 rings (SSSR count). The molecule has 0 heterocycles. The predicted octanol–water partition coefficient (Wildman–Crippen LogP) is 3.61. The van der Waals surface area contributed by atoms with Crippen molar-refractivity contribution in [1.82, 2.24) is 0 Å². The fraction of sp³-hybridized carbons (Fsp3) is 1.00. The Kier molecular flexibility index (Phi) is 482. The molecule has 0 aliphatic carbocycles. The molecule has 16 heavy (non-hydrogen) atoms. The van der Waals surface area contributed by atoms with Crippen molar-refractivity contribution in [1.29, 1.82) is 0 Å². The van der Waals surface area contributed by atoms with E-state index in [-0.39, 0.29) is 46.7 Å². The van der Waals surface area contributed by atoms with Crippen molar-refractivity contribution in [2.45, 2.75) is 81.1 Å². The van der Waals surface area contributed by atoms with Gasteiger partial charge in [0, 0.05) is 0 Å². The van der Waals surface area contributed by atoms with Crippen LogP contribution in [0.25, 0.3) is 0 Å². The summed E-state index contributed by atoms with van der Waals surface area (Å²) in [5.41, 5.74) is 0. The van der Waals surface area contributed by atoms with E-state index in [0.29, 0.717) is 0 Å². The Morgan fingerprint density at radius 2 is 0.375 bits per heavy atom. The molecule has 112 valence electrons. The monoisotopic (exact) mass is 312 g/mol. The molecule has 0 N–H and O–H groups in total. The van der Waals surface area contributed by atoms with E-state index in [4.69, 9.17) is 0 Å². The number of rotatable bonds is 0. The Morgan fingerprint density at radius 3 is 0.375 bits per heavy atom. The van der Waals surface area contributed by atoms with Crippen LogP contribution >= 0.6 is 24.8 Å². The van der Waals surface area contributed by atoms with Crippen molar-refractivity contribution in [3.63, 3.8) is 0 Å². The molecule has 0 nitrogen and oxygen atoms in total. The lowest BCUT2D eigenvalue weighted by Crippen LogP contribution is -1.27. The van der Waals surface area contributed by atoms with Gasteiger partial charge >= 0.3 is 0 Å². The van der Waals surface area contributed by atoms with Gasteiger partial charge in [0.1, 0.15) is 0 Å². The lowest BCUT2D eigenvalue weighted by atomic mass is 10.6. The average molecular weight is 314 g/mol. The highest BCUT2D eigenvalue weighted by molar-refractivity contribution is 5.85. The predicted molar refractivity (Wildman–Crippen MR) is 101 cm³/mol. The molecule has 0 atom stereocenters. The summed E-state index contributed by atoms with van der Waals surface area (Å²) >= 11 is 0. The summed E-state index contributed by atoms with van der Waals surface area (Å²) in [6, 6.07) is 0. The zero-order valence-electron chi connectivity index (χ0n) is 11.6. The van der Waals surface area contributed by atoms with E-state index in [1.807, 2.05) is 0 Å². The largest absolute Gasteiger partial charge is 0.147 e. The molecule has 0 amide bonds. The molecule has 0 aromatic heterocycles. The Labute approximate surface area is 128 Å². The molecule has 0 bridgehead atoms. The maximum atomic E-state index is 2.12. The fourth-order valence-corrected chi connectivity index (χ4v) is 0. The molecule has 0 aromatic rings. The number of hydrogen-bond acceptors (Lipinski definition) is 0. The van der Waals surface area contributed by atoms with Crippen molar-refractivity contribution in [3.8, 4) is 0 Å². The molecule has 0 aliphatic rings. The third kappa shape index (κ3) is 2870. The summed E-state index contributed by atoms with van der Waals surface area (Å²) < 4.78 is 0. The normalized spacial score (nSPS) is 4.50. The van der Waals surface area contributed by atoms with Gasteiger partial charge in [-0.3, -0.25) is 0 Å². The van der Waals surface area contributed by atoms with Crippen LogP contribution in [0.2, 0.25) is 0 Å². The molecule has 0 aromatic carbocycles. The fourth-order valence-electron chi connectivity index (χ4n) is 0. The van der Waals surface area contributed by atoms with Crippen LogP contribution in [0.5, 0.6) is 0 Å². The third-order valence-corrected chi connectivity index (χ3v) is 0. The van der Waals surface area contributed by atoms with E-state index in [2.05, 4.69) is 55.4 Å². The van der Waals surface area contributed by atoms with Gasteiger partial charge in [0.15, 0.2) is 0 Å². The van der Waals surface area contributed by atoms with Gasteiger partial charge in [-0.15, -0.1) is 24.8 Å². The van der Waals surface area contributed by atoms with Crippen molar-refractivity contribution in [2.24, 2.45) is 0 Å². The molecule has 0 unspecified atom stereocenters. The van der Waals surface area contributed by atoms with E-state index in [1.165, 1.54) is 25.7 Å².